The van der Waals surface area contributed by atoms with Crippen molar-refractivity contribution in [2.45, 2.75) is 44.7 Å². The van der Waals surface area contributed by atoms with E-state index in [9.17, 15) is 18.0 Å². The Morgan fingerprint density at radius 2 is 1.76 bits per heavy atom. The number of hydrogen-bond acceptors (Lipinski definition) is 4. The molecule has 29 heavy (non-hydrogen) atoms. The van der Waals surface area contributed by atoms with Gasteiger partial charge in [-0.3, -0.25) is 9.69 Å². The highest BCUT2D eigenvalue weighted by atomic mass is 35.5. The first-order valence-electron chi connectivity index (χ1n) is 10.1. The van der Waals surface area contributed by atoms with Crippen LogP contribution in [0.25, 0.3) is 0 Å². The van der Waals surface area contributed by atoms with Crippen LogP contribution in [0.2, 0.25) is 5.02 Å². The maximum atomic E-state index is 13.3. The van der Waals surface area contributed by atoms with E-state index >= 15 is 0 Å². The Morgan fingerprint density at radius 1 is 1.10 bits per heavy atom. The van der Waals surface area contributed by atoms with E-state index < -0.39 is 21.9 Å². The van der Waals surface area contributed by atoms with Gasteiger partial charge in [-0.05, 0) is 37.5 Å². The fourth-order valence-electron chi connectivity index (χ4n) is 4.56. The number of sulfone groups is 1. The largest absolute Gasteiger partial charge is 0.341 e. The average molecular weight is 440 g/mol. The third-order valence-corrected chi connectivity index (χ3v) is 8.28. The molecule has 0 N–H and O–H groups in total. The first-order valence-corrected chi connectivity index (χ1v) is 12.3. The van der Waals surface area contributed by atoms with Gasteiger partial charge in [-0.15, -0.1) is 0 Å². The molecule has 0 saturated carbocycles. The molecule has 158 valence electrons. The molecule has 3 heterocycles. The number of fused-ring (bicyclic) bond motifs is 1. The highest BCUT2D eigenvalue weighted by Gasteiger charge is 2.54. The highest BCUT2D eigenvalue weighted by molar-refractivity contribution is 7.91. The summed E-state index contributed by atoms with van der Waals surface area (Å²) < 4.78 is 24.7. The second-order valence-corrected chi connectivity index (χ2v) is 10.8. The number of anilines is 1. The summed E-state index contributed by atoms with van der Waals surface area (Å²) in [6.07, 6.45) is 4.15. The normalized spacial score (nSPS) is 26.6. The summed E-state index contributed by atoms with van der Waals surface area (Å²) >= 11 is 6.25. The molecule has 0 unspecified atom stereocenters. The molecule has 3 fully saturated rings. The van der Waals surface area contributed by atoms with Crippen molar-refractivity contribution in [2.24, 2.45) is 0 Å². The molecule has 4 rings (SSSR count). The van der Waals surface area contributed by atoms with E-state index in [1.54, 1.807) is 12.1 Å². The van der Waals surface area contributed by atoms with Gasteiger partial charge in [0.05, 0.1) is 23.6 Å². The van der Waals surface area contributed by atoms with Crippen molar-refractivity contribution in [3.05, 3.63) is 28.8 Å². The molecule has 1 aromatic carbocycles. The Labute approximate surface area is 176 Å². The van der Waals surface area contributed by atoms with Gasteiger partial charge in [0, 0.05) is 23.8 Å². The third-order valence-electron chi connectivity index (χ3n) is 6.18. The van der Waals surface area contributed by atoms with Gasteiger partial charge in [-0.1, -0.05) is 30.5 Å². The van der Waals surface area contributed by atoms with Gasteiger partial charge < -0.3 is 9.80 Å². The summed E-state index contributed by atoms with van der Waals surface area (Å²) in [5.41, 5.74) is 1.45. The summed E-state index contributed by atoms with van der Waals surface area (Å²) in [5, 5.41) is 0.520. The second kappa shape index (κ2) is 7.80. The summed E-state index contributed by atoms with van der Waals surface area (Å²) in [6, 6.07) is 3.96. The fraction of sp³-hybridized carbons (Fsp3) is 0.600. The van der Waals surface area contributed by atoms with Crippen LogP contribution in [0, 0.1) is 6.92 Å². The number of amides is 3. The molecule has 0 radical (unpaired) electrons. The molecular weight excluding hydrogens is 414 g/mol. The van der Waals surface area contributed by atoms with E-state index in [1.165, 1.54) is 9.80 Å². The molecular formula is C20H26ClN3O4S. The van der Waals surface area contributed by atoms with Crippen LogP contribution < -0.4 is 4.90 Å². The smallest absolute Gasteiger partial charge is 0.325 e. The summed E-state index contributed by atoms with van der Waals surface area (Å²) in [4.78, 5) is 30.9. The molecule has 3 saturated heterocycles. The van der Waals surface area contributed by atoms with Crippen LogP contribution in [0.5, 0.6) is 0 Å². The zero-order valence-electron chi connectivity index (χ0n) is 16.5. The van der Waals surface area contributed by atoms with Crippen molar-refractivity contribution in [3.8, 4) is 0 Å². The van der Waals surface area contributed by atoms with Crippen molar-refractivity contribution < 1.29 is 18.0 Å². The lowest BCUT2D eigenvalue weighted by atomic mass is 10.1. The number of likely N-dealkylation sites (tertiary alicyclic amines) is 1. The van der Waals surface area contributed by atoms with E-state index in [1.807, 2.05) is 17.9 Å². The lowest BCUT2D eigenvalue weighted by Crippen LogP contribution is -2.46. The Morgan fingerprint density at radius 3 is 2.41 bits per heavy atom. The topological polar surface area (TPSA) is 78.0 Å². The van der Waals surface area contributed by atoms with Gasteiger partial charge in [0.25, 0.3) is 0 Å². The maximum absolute atomic E-state index is 13.3. The van der Waals surface area contributed by atoms with Gasteiger partial charge in [0.2, 0.25) is 5.91 Å². The fourth-order valence-corrected chi connectivity index (χ4v) is 6.69. The van der Waals surface area contributed by atoms with Crippen molar-refractivity contribution >= 4 is 39.1 Å². The maximum Gasteiger partial charge on any atom is 0.325 e. The standard InChI is InChI=1S/C20H26ClN3O4S/c1-14-6-7-15(10-16(14)21)24-18-13-29(27,28)12-17(18)23(20(24)26)11-19(25)22-8-4-2-3-5-9-22/h6-7,10,17-18H,2-5,8-9,11-13H2,1H3/t17-,18-/m1/s1. The van der Waals surface area contributed by atoms with Crippen molar-refractivity contribution in [3.63, 3.8) is 0 Å². The van der Waals surface area contributed by atoms with Gasteiger partial charge in [0.1, 0.15) is 6.54 Å². The zero-order valence-corrected chi connectivity index (χ0v) is 18.1. The number of nitrogens with zero attached hydrogens (tertiary/aromatic N) is 3. The number of rotatable bonds is 3. The first kappa shape index (κ1) is 20.5. The molecule has 2 atom stereocenters. The number of aryl methyl sites for hydroxylation is 1. The Kier molecular flexibility index (Phi) is 5.50. The van der Waals surface area contributed by atoms with E-state index in [4.69, 9.17) is 11.6 Å². The number of hydrogen-bond donors (Lipinski definition) is 0. The Bertz CT molecular complexity index is 928. The first-order chi connectivity index (χ1) is 13.8. The quantitative estimate of drug-likeness (QED) is 0.678. The molecule has 1 aromatic rings. The SMILES string of the molecule is Cc1ccc(N2C(=O)N(CC(=O)N3CCCCCC3)[C@@H]3CS(=O)(=O)C[C@H]32)cc1Cl. The summed E-state index contributed by atoms with van der Waals surface area (Å²) in [6.45, 7) is 3.19. The zero-order chi connectivity index (χ0) is 20.8. The van der Waals surface area contributed by atoms with Crippen LogP contribution in [0.1, 0.15) is 31.2 Å². The van der Waals surface area contributed by atoms with Gasteiger partial charge in [-0.25, -0.2) is 13.2 Å². The number of halogens is 1. The predicted molar refractivity (Wildman–Crippen MR) is 112 cm³/mol. The minimum atomic E-state index is -3.28. The second-order valence-electron chi connectivity index (χ2n) is 8.22. The number of carbonyl (C=O) groups is 2. The van der Waals surface area contributed by atoms with E-state index in [2.05, 4.69) is 0 Å². The van der Waals surface area contributed by atoms with Crippen LogP contribution in [-0.2, 0) is 14.6 Å². The minimum absolute atomic E-state index is 0.0778. The molecule has 0 spiro atoms. The van der Waals surface area contributed by atoms with Crippen molar-refractivity contribution in [2.75, 3.05) is 36.0 Å². The summed E-state index contributed by atoms with van der Waals surface area (Å²) in [5.74, 6) is -0.303. The van der Waals surface area contributed by atoms with Gasteiger partial charge in [-0.2, -0.15) is 0 Å². The lowest BCUT2D eigenvalue weighted by Gasteiger charge is -2.26. The number of benzene rings is 1. The van der Waals surface area contributed by atoms with Crippen LogP contribution in [0.4, 0.5) is 10.5 Å². The predicted octanol–water partition coefficient (Wildman–Crippen LogP) is 2.46. The van der Waals surface area contributed by atoms with Crippen LogP contribution >= 0.6 is 11.6 Å². The van der Waals surface area contributed by atoms with Crippen molar-refractivity contribution in [1.82, 2.24) is 9.80 Å². The Hall–Kier alpha value is -1.80. The molecule has 0 bridgehead atoms. The average Bonchev–Trinajstić information content (AvgIpc) is 2.95. The molecule has 7 nitrogen and oxygen atoms in total. The number of carbonyl (C=O) groups excluding carboxylic acids is 2. The molecule has 0 aliphatic carbocycles. The molecule has 3 amide bonds. The molecule has 9 heteroatoms. The molecule has 0 aromatic heterocycles. The van der Waals surface area contributed by atoms with Crippen LogP contribution in [-0.4, -0.2) is 73.4 Å². The van der Waals surface area contributed by atoms with Gasteiger partial charge >= 0.3 is 6.03 Å². The monoisotopic (exact) mass is 439 g/mol. The van der Waals surface area contributed by atoms with E-state index in [0.717, 1.165) is 31.2 Å². The molecule has 3 aliphatic rings. The van der Waals surface area contributed by atoms with Gasteiger partial charge in [0.15, 0.2) is 9.84 Å². The van der Waals surface area contributed by atoms with Crippen molar-refractivity contribution in [1.29, 1.82) is 0 Å². The number of urea groups is 1. The summed E-state index contributed by atoms with van der Waals surface area (Å²) in [7, 11) is -3.28. The minimum Gasteiger partial charge on any atom is -0.341 e. The van der Waals surface area contributed by atoms with E-state index in [-0.39, 0.29) is 30.0 Å². The third kappa shape index (κ3) is 3.97. The van der Waals surface area contributed by atoms with E-state index in [0.29, 0.717) is 23.8 Å². The highest BCUT2D eigenvalue weighted by Crippen LogP contribution is 2.36. The Balaban J connectivity index is 1.61. The van der Waals surface area contributed by atoms with Crippen LogP contribution in [0.15, 0.2) is 18.2 Å². The van der Waals surface area contributed by atoms with Crippen LogP contribution in [0.3, 0.4) is 0 Å². The molecule has 3 aliphatic heterocycles. The lowest BCUT2D eigenvalue weighted by molar-refractivity contribution is -0.131.